The monoisotopic (exact) mass is 230 g/mol. The van der Waals surface area contributed by atoms with E-state index in [0.717, 1.165) is 19.5 Å². The van der Waals surface area contributed by atoms with Gasteiger partial charge in [-0.05, 0) is 37.0 Å². The van der Waals surface area contributed by atoms with Crippen LogP contribution in [0.25, 0.3) is 0 Å². The molecule has 1 aliphatic heterocycles. The van der Waals surface area contributed by atoms with Crippen molar-refractivity contribution in [1.82, 2.24) is 10.2 Å². The Bertz CT molecular complexity index is 446. The lowest BCUT2D eigenvalue weighted by Gasteiger charge is -2.20. The van der Waals surface area contributed by atoms with Crippen molar-refractivity contribution < 1.29 is 0 Å². The molecular weight excluding hydrogens is 208 g/mol. The van der Waals surface area contributed by atoms with Crippen molar-refractivity contribution in [3.63, 3.8) is 0 Å². The highest BCUT2D eigenvalue weighted by Gasteiger charge is 2.19. The van der Waals surface area contributed by atoms with E-state index in [1.807, 2.05) is 7.05 Å². The maximum Gasteiger partial charge on any atom is 0.0434 e. The second-order valence-corrected chi connectivity index (χ2v) is 4.77. The zero-order valence-corrected chi connectivity index (χ0v) is 11.3. The Hall–Kier alpha value is -1.44. The SMILES string of the molecule is CCc1ccc2c(c1)CN(/C(C)=C(/C)NC)C2. The number of hydrogen-bond donors (Lipinski definition) is 1. The van der Waals surface area contributed by atoms with Gasteiger partial charge in [-0.2, -0.15) is 0 Å². The van der Waals surface area contributed by atoms with Gasteiger partial charge in [-0.3, -0.25) is 0 Å². The van der Waals surface area contributed by atoms with Crippen molar-refractivity contribution >= 4 is 0 Å². The Labute approximate surface area is 104 Å². The maximum absolute atomic E-state index is 3.23. The summed E-state index contributed by atoms with van der Waals surface area (Å²) in [5.74, 6) is 0. The predicted octanol–water partition coefficient (Wildman–Crippen LogP) is 3.04. The highest BCUT2D eigenvalue weighted by atomic mass is 15.2. The van der Waals surface area contributed by atoms with Gasteiger partial charge in [-0.25, -0.2) is 0 Å². The fourth-order valence-electron chi connectivity index (χ4n) is 2.32. The largest absolute Gasteiger partial charge is 0.390 e. The highest BCUT2D eigenvalue weighted by molar-refractivity contribution is 5.36. The molecule has 1 N–H and O–H groups in total. The molecule has 2 rings (SSSR count). The van der Waals surface area contributed by atoms with E-state index in [2.05, 4.69) is 49.2 Å². The van der Waals surface area contributed by atoms with Crippen LogP contribution in [0.15, 0.2) is 29.6 Å². The summed E-state index contributed by atoms with van der Waals surface area (Å²) in [4.78, 5) is 2.44. The molecule has 0 aliphatic carbocycles. The van der Waals surface area contributed by atoms with E-state index in [9.17, 15) is 0 Å². The number of benzene rings is 1. The Morgan fingerprint density at radius 3 is 2.59 bits per heavy atom. The first-order valence-corrected chi connectivity index (χ1v) is 6.36. The maximum atomic E-state index is 3.23. The van der Waals surface area contributed by atoms with Gasteiger partial charge >= 0.3 is 0 Å². The Kier molecular flexibility index (Phi) is 3.41. The van der Waals surface area contributed by atoms with Gasteiger partial charge in [-0.1, -0.05) is 25.1 Å². The Balaban J connectivity index is 2.22. The third-order valence-electron chi connectivity index (χ3n) is 3.79. The third-order valence-corrected chi connectivity index (χ3v) is 3.79. The second-order valence-electron chi connectivity index (χ2n) is 4.77. The molecule has 0 amide bonds. The van der Waals surface area contributed by atoms with Crippen LogP contribution in [-0.2, 0) is 19.5 Å². The predicted molar refractivity (Wildman–Crippen MR) is 72.5 cm³/mol. The lowest BCUT2D eigenvalue weighted by Crippen LogP contribution is -2.18. The molecule has 0 atom stereocenters. The zero-order chi connectivity index (χ0) is 12.4. The molecule has 0 spiro atoms. The molecule has 0 saturated heterocycles. The first kappa shape index (κ1) is 12.0. The zero-order valence-electron chi connectivity index (χ0n) is 11.3. The molecule has 1 aromatic carbocycles. The summed E-state index contributed by atoms with van der Waals surface area (Å²) >= 11 is 0. The van der Waals surface area contributed by atoms with E-state index in [0.29, 0.717) is 0 Å². The van der Waals surface area contributed by atoms with Crippen LogP contribution in [-0.4, -0.2) is 11.9 Å². The van der Waals surface area contributed by atoms with E-state index < -0.39 is 0 Å². The van der Waals surface area contributed by atoms with Gasteiger partial charge in [0.15, 0.2) is 0 Å². The molecule has 0 saturated carbocycles. The molecule has 1 aromatic rings. The number of nitrogens with zero attached hydrogens (tertiary/aromatic N) is 1. The van der Waals surface area contributed by atoms with Crippen LogP contribution >= 0.6 is 0 Å². The Morgan fingerprint density at radius 1 is 1.24 bits per heavy atom. The minimum Gasteiger partial charge on any atom is -0.390 e. The summed E-state index contributed by atoms with van der Waals surface area (Å²) in [6.45, 7) is 8.64. The van der Waals surface area contributed by atoms with E-state index in [1.54, 1.807) is 0 Å². The van der Waals surface area contributed by atoms with Gasteiger partial charge in [0.1, 0.15) is 0 Å². The molecule has 17 heavy (non-hydrogen) atoms. The molecular formula is C15H22N2. The topological polar surface area (TPSA) is 15.3 Å². The normalized spacial score (nSPS) is 15.6. The van der Waals surface area contributed by atoms with E-state index in [1.165, 1.54) is 28.1 Å². The van der Waals surface area contributed by atoms with Gasteiger partial charge in [-0.15, -0.1) is 0 Å². The molecule has 2 heteroatoms. The molecule has 92 valence electrons. The fraction of sp³-hybridized carbons (Fsp3) is 0.467. The number of rotatable bonds is 3. The van der Waals surface area contributed by atoms with E-state index in [-0.39, 0.29) is 0 Å². The van der Waals surface area contributed by atoms with Crippen molar-refractivity contribution in [2.75, 3.05) is 7.05 Å². The van der Waals surface area contributed by atoms with Crippen LogP contribution in [0.2, 0.25) is 0 Å². The van der Waals surface area contributed by atoms with E-state index in [4.69, 9.17) is 0 Å². The van der Waals surface area contributed by atoms with Crippen LogP contribution < -0.4 is 5.32 Å². The molecule has 0 fully saturated rings. The fourth-order valence-corrected chi connectivity index (χ4v) is 2.32. The minimum absolute atomic E-state index is 1.05. The van der Waals surface area contributed by atoms with Crippen LogP contribution in [0.3, 0.4) is 0 Å². The summed E-state index contributed by atoms with van der Waals surface area (Å²) in [5, 5.41) is 3.23. The van der Waals surface area contributed by atoms with Crippen LogP contribution in [0.4, 0.5) is 0 Å². The summed E-state index contributed by atoms with van der Waals surface area (Å²) in [6, 6.07) is 6.90. The van der Waals surface area contributed by atoms with Crippen molar-refractivity contribution in [3.05, 3.63) is 46.3 Å². The first-order valence-electron chi connectivity index (χ1n) is 6.36. The van der Waals surface area contributed by atoms with Crippen molar-refractivity contribution in [1.29, 1.82) is 0 Å². The molecule has 1 heterocycles. The quantitative estimate of drug-likeness (QED) is 0.858. The smallest absolute Gasteiger partial charge is 0.0434 e. The number of hydrogen-bond acceptors (Lipinski definition) is 2. The van der Waals surface area contributed by atoms with Crippen molar-refractivity contribution in [2.45, 2.75) is 40.3 Å². The molecule has 0 radical (unpaired) electrons. The summed E-state index contributed by atoms with van der Waals surface area (Å²) < 4.78 is 0. The van der Waals surface area contributed by atoms with Crippen LogP contribution in [0, 0.1) is 0 Å². The lowest BCUT2D eigenvalue weighted by molar-refractivity contribution is 0.357. The molecule has 1 aliphatic rings. The summed E-state index contributed by atoms with van der Waals surface area (Å²) in [5.41, 5.74) is 7.02. The Morgan fingerprint density at radius 2 is 1.94 bits per heavy atom. The molecule has 0 unspecified atom stereocenters. The molecule has 0 aromatic heterocycles. The second kappa shape index (κ2) is 4.82. The number of fused-ring (bicyclic) bond motifs is 1. The lowest BCUT2D eigenvalue weighted by atomic mass is 10.1. The minimum atomic E-state index is 1.05. The summed E-state index contributed by atoms with van der Waals surface area (Å²) in [7, 11) is 1.98. The average molecular weight is 230 g/mol. The first-order chi connectivity index (χ1) is 8.15. The van der Waals surface area contributed by atoms with Crippen molar-refractivity contribution in [3.8, 4) is 0 Å². The van der Waals surface area contributed by atoms with Crippen LogP contribution in [0.5, 0.6) is 0 Å². The molecule has 2 nitrogen and oxygen atoms in total. The summed E-state index contributed by atoms with van der Waals surface area (Å²) in [6.07, 6.45) is 1.12. The van der Waals surface area contributed by atoms with Gasteiger partial charge in [0.05, 0.1) is 0 Å². The van der Waals surface area contributed by atoms with Gasteiger partial charge in [0.2, 0.25) is 0 Å². The van der Waals surface area contributed by atoms with Gasteiger partial charge < -0.3 is 10.2 Å². The number of nitrogens with one attached hydrogen (secondary N) is 1. The highest BCUT2D eigenvalue weighted by Crippen LogP contribution is 2.27. The number of aryl methyl sites for hydroxylation is 1. The standard InChI is InChI=1S/C15H22N2/c1-5-13-6-7-14-9-17(10-15(14)8-13)12(3)11(2)16-4/h6-8,16H,5,9-10H2,1-4H3/b12-11-. The van der Waals surface area contributed by atoms with Gasteiger partial charge in [0, 0.05) is 31.5 Å². The number of allylic oxidation sites excluding steroid dienone is 2. The van der Waals surface area contributed by atoms with E-state index >= 15 is 0 Å². The van der Waals surface area contributed by atoms with Crippen molar-refractivity contribution in [2.24, 2.45) is 0 Å². The third kappa shape index (κ3) is 2.31. The average Bonchev–Trinajstić information content (AvgIpc) is 2.79. The van der Waals surface area contributed by atoms with Gasteiger partial charge in [0.25, 0.3) is 0 Å². The van der Waals surface area contributed by atoms with Crippen LogP contribution in [0.1, 0.15) is 37.5 Å². The molecule has 0 bridgehead atoms.